The van der Waals surface area contributed by atoms with Crippen LogP contribution in [0.4, 0.5) is 4.79 Å². The molecule has 3 N–H and O–H groups in total. The summed E-state index contributed by atoms with van der Waals surface area (Å²) in [4.78, 5) is 25.9. The number of nitrogens with one attached hydrogen (secondary N) is 2. The topological polar surface area (TPSA) is 96.3 Å². The van der Waals surface area contributed by atoms with E-state index >= 15 is 0 Å². The molecule has 1 unspecified atom stereocenters. The van der Waals surface area contributed by atoms with Crippen molar-refractivity contribution in [3.8, 4) is 0 Å². The number of unbranched alkanes of at least 4 members (excludes halogenated alkanes) is 1. The summed E-state index contributed by atoms with van der Waals surface area (Å²) in [6, 6.07) is -0.212. The maximum absolute atomic E-state index is 11.6. The van der Waals surface area contributed by atoms with Gasteiger partial charge in [0.25, 0.3) is 0 Å². The van der Waals surface area contributed by atoms with E-state index < -0.39 is 5.97 Å². The molecule has 118 valence electrons. The van der Waals surface area contributed by atoms with Gasteiger partial charge in [-0.3, -0.25) is 4.79 Å². The van der Waals surface area contributed by atoms with Crippen molar-refractivity contribution in [2.75, 3.05) is 6.54 Å². The Bertz CT molecular complexity index is 420. The Morgan fingerprint density at radius 2 is 2.14 bits per heavy atom. The summed E-state index contributed by atoms with van der Waals surface area (Å²) in [5.74, 6) is -0.801. The molecule has 1 heterocycles. The van der Waals surface area contributed by atoms with Gasteiger partial charge in [-0.15, -0.1) is 0 Å². The highest BCUT2D eigenvalue weighted by atomic mass is 16.4. The summed E-state index contributed by atoms with van der Waals surface area (Å²) in [5.41, 5.74) is 0. The Morgan fingerprint density at radius 1 is 1.33 bits per heavy atom. The minimum absolute atomic E-state index is 0.0182. The fourth-order valence-electron chi connectivity index (χ4n) is 1.95. The summed E-state index contributed by atoms with van der Waals surface area (Å²) in [5, 5.41) is 14.1. The van der Waals surface area contributed by atoms with Gasteiger partial charge in [-0.25, -0.2) is 9.78 Å². The predicted molar refractivity (Wildman–Crippen MR) is 78.9 cm³/mol. The van der Waals surface area contributed by atoms with Crippen LogP contribution in [0.25, 0.3) is 0 Å². The summed E-state index contributed by atoms with van der Waals surface area (Å²) >= 11 is 0. The van der Waals surface area contributed by atoms with E-state index in [4.69, 9.17) is 5.11 Å². The number of rotatable bonds is 10. The first kappa shape index (κ1) is 17.0. The number of aromatic nitrogens is 2. The number of hydrogen-bond donors (Lipinski definition) is 3. The molecule has 0 saturated heterocycles. The molecule has 0 radical (unpaired) electrons. The van der Waals surface area contributed by atoms with Crippen LogP contribution in [-0.2, 0) is 11.3 Å². The molecule has 1 rings (SSSR count). The van der Waals surface area contributed by atoms with Gasteiger partial charge in [-0.2, -0.15) is 0 Å². The average molecular weight is 296 g/mol. The molecule has 0 bridgehead atoms. The zero-order valence-electron chi connectivity index (χ0n) is 12.4. The second-order valence-electron chi connectivity index (χ2n) is 5.09. The quantitative estimate of drug-likeness (QED) is 0.571. The van der Waals surface area contributed by atoms with Crippen molar-refractivity contribution in [3.63, 3.8) is 0 Å². The Labute approximate surface area is 124 Å². The number of hydrogen-bond acceptors (Lipinski definition) is 3. The Hall–Kier alpha value is -2.05. The molecule has 0 fully saturated rings. The molecular formula is C14H24N4O3. The fraction of sp³-hybridized carbons (Fsp3) is 0.643. The number of urea groups is 1. The number of aryl methyl sites for hydroxylation is 1. The second-order valence-corrected chi connectivity index (χ2v) is 5.09. The first-order valence-electron chi connectivity index (χ1n) is 7.30. The first-order valence-corrected chi connectivity index (χ1v) is 7.30. The highest BCUT2D eigenvalue weighted by Gasteiger charge is 2.07. The van der Waals surface area contributed by atoms with Crippen LogP contribution in [0.3, 0.4) is 0 Å². The number of carboxylic acids is 1. The lowest BCUT2D eigenvalue weighted by atomic mass is 10.1. The largest absolute Gasteiger partial charge is 0.481 e. The van der Waals surface area contributed by atoms with Crippen molar-refractivity contribution in [2.24, 2.45) is 0 Å². The number of nitrogens with zero attached hydrogens (tertiary/aromatic N) is 2. The van der Waals surface area contributed by atoms with E-state index in [-0.39, 0.29) is 18.5 Å². The van der Waals surface area contributed by atoms with Gasteiger partial charge in [-0.1, -0.05) is 0 Å². The van der Waals surface area contributed by atoms with Crippen molar-refractivity contribution in [3.05, 3.63) is 18.7 Å². The molecule has 0 saturated carbocycles. The lowest BCUT2D eigenvalue weighted by Crippen LogP contribution is -2.41. The smallest absolute Gasteiger partial charge is 0.314 e. The third-order valence-electron chi connectivity index (χ3n) is 3.09. The zero-order valence-corrected chi connectivity index (χ0v) is 12.4. The van der Waals surface area contributed by atoms with Crippen LogP contribution in [-0.4, -0.2) is 39.2 Å². The van der Waals surface area contributed by atoms with Crippen molar-refractivity contribution in [1.82, 2.24) is 20.2 Å². The third kappa shape index (κ3) is 8.67. The Kier molecular flexibility index (Phi) is 7.93. The van der Waals surface area contributed by atoms with Crippen molar-refractivity contribution in [2.45, 2.75) is 51.6 Å². The number of amides is 2. The van der Waals surface area contributed by atoms with Gasteiger partial charge in [0.15, 0.2) is 0 Å². The van der Waals surface area contributed by atoms with Crippen molar-refractivity contribution in [1.29, 1.82) is 0 Å². The van der Waals surface area contributed by atoms with E-state index in [1.165, 1.54) is 0 Å². The first-order chi connectivity index (χ1) is 10.1. The molecule has 7 heteroatoms. The second kappa shape index (κ2) is 9.79. The van der Waals surface area contributed by atoms with Gasteiger partial charge in [0.05, 0.1) is 6.33 Å². The summed E-state index contributed by atoms with van der Waals surface area (Å²) < 4.78 is 2.00. The molecule has 0 aliphatic rings. The maximum atomic E-state index is 11.6. The maximum Gasteiger partial charge on any atom is 0.314 e. The molecule has 0 aliphatic heterocycles. The highest BCUT2D eigenvalue weighted by molar-refractivity contribution is 5.74. The normalized spacial score (nSPS) is 11.9. The average Bonchev–Trinajstić information content (AvgIpc) is 2.91. The molecule has 1 aromatic rings. The lowest BCUT2D eigenvalue weighted by Gasteiger charge is -2.14. The van der Waals surface area contributed by atoms with Gasteiger partial charge >= 0.3 is 12.0 Å². The van der Waals surface area contributed by atoms with Crippen molar-refractivity contribution < 1.29 is 14.7 Å². The van der Waals surface area contributed by atoms with E-state index in [2.05, 4.69) is 15.6 Å². The molecule has 21 heavy (non-hydrogen) atoms. The fourth-order valence-corrected chi connectivity index (χ4v) is 1.95. The molecule has 0 aliphatic carbocycles. The summed E-state index contributed by atoms with van der Waals surface area (Å²) in [7, 11) is 0. The standard InChI is InChI=1S/C14H24N4O3/c1-12(5-4-6-13(19)20)17-14(21)16-7-2-3-9-18-10-8-15-11-18/h8,10-12H,2-7,9H2,1H3,(H,19,20)(H2,16,17,21). The monoisotopic (exact) mass is 296 g/mol. The van der Waals surface area contributed by atoms with Crippen molar-refractivity contribution >= 4 is 12.0 Å². The third-order valence-corrected chi connectivity index (χ3v) is 3.09. The van der Waals surface area contributed by atoms with Crippen LogP contribution in [0.1, 0.15) is 39.0 Å². The van der Waals surface area contributed by atoms with Gasteiger partial charge in [0.2, 0.25) is 0 Å². The van der Waals surface area contributed by atoms with E-state index in [0.717, 1.165) is 19.4 Å². The van der Waals surface area contributed by atoms with Crippen LogP contribution in [0.15, 0.2) is 18.7 Å². The SMILES string of the molecule is CC(CCCC(=O)O)NC(=O)NCCCCn1ccnc1. The molecule has 1 atom stereocenters. The number of carbonyl (C=O) groups is 2. The lowest BCUT2D eigenvalue weighted by molar-refractivity contribution is -0.137. The molecule has 2 amide bonds. The van der Waals surface area contributed by atoms with Crippen LogP contribution in [0, 0.1) is 0 Å². The van der Waals surface area contributed by atoms with Crippen LogP contribution in [0.2, 0.25) is 0 Å². The van der Waals surface area contributed by atoms with Gasteiger partial charge in [-0.05, 0) is 32.6 Å². The minimum atomic E-state index is -0.801. The Balaban J connectivity index is 1.98. The molecule has 0 spiro atoms. The van der Waals surface area contributed by atoms with E-state index in [0.29, 0.717) is 19.4 Å². The zero-order chi connectivity index (χ0) is 15.5. The summed E-state index contributed by atoms with van der Waals surface area (Å²) in [6.45, 7) is 3.40. The summed E-state index contributed by atoms with van der Waals surface area (Å²) in [6.07, 6.45) is 8.70. The van der Waals surface area contributed by atoms with E-state index in [1.807, 2.05) is 17.7 Å². The number of imidazole rings is 1. The minimum Gasteiger partial charge on any atom is -0.481 e. The molecule has 7 nitrogen and oxygen atoms in total. The van der Waals surface area contributed by atoms with E-state index in [1.54, 1.807) is 12.5 Å². The predicted octanol–water partition coefficient (Wildman–Crippen LogP) is 1.61. The van der Waals surface area contributed by atoms with Gasteiger partial charge in [0.1, 0.15) is 0 Å². The highest BCUT2D eigenvalue weighted by Crippen LogP contribution is 2.00. The number of carbonyl (C=O) groups excluding carboxylic acids is 1. The van der Waals surface area contributed by atoms with Gasteiger partial charge in [0, 0.05) is 37.9 Å². The van der Waals surface area contributed by atoms with Crippen LogP contribution in [0.5, 0.6) is 0 Å². The molecule has 0 aromatic carbocycles. The Morgan fingerprint density at radius 3 is 2.81 bits per heavy atom. The number of aliphatic carboxylic acids is 1. The number of carboxylic acid groups (broad SMARTS) is 1. The molecule has 1 aromatic heterocycles. The molecular weight excluding hydrogens is 272 g/mol. The van der Waals surface area contributed by atoms with Crippen LogP contribution >= 0.6 is 0 Å². The van der Waals surface area contributed by atoms with Gasteiger partial charge < -0.3 is 20.3 Å². The van der Waals surface area contributed by atoms with E-state index in [9.17, 15) is 9.59 Å². The van der Waals surface area contributed by atoms with Crippen LogP contribution < -0.4 is 10.6 Å².